The highest BCUT2D eigenvalue weighted by molar-refractivity contribution is 7.89. The normalized spacial score (nSPS) is 15.5. The summed E-state index contributed by atoms with van der Waals surface area (Å²) in [6.45, 7) is 7.55. The fourth-order valence-corrected chi connectivity index (χ4v) is 4.74. The number of nitrogens with one attached hydrogen (secondary N) is 2. The molecule has 162 valence electrons. The Labute approximate surface area is 173 Å². The Kier molecular flexibility index (Phi) is 8.60. The van der Waals surface area contributed by atoms with Crippen LogP contribution in [0.5, 0.6) is 0 Å². The highest BCUT2D eigenvalue weighted by Crippen LogP contribution is 2.22. The highest BCUT2D eigenvalue weighted by atomic mass is 32.2. The number of benzene rings is 1. The lowest BCUT2D eigenvalue weighted by molar-refractivity contribution is -0.123. The van der Waals surface area contributed by atoms with Gasteiger partial charge in [-0.2, -0.15) is 4.31 Å². The van der Waals surface area contributed by atoms with Crippen molar-refractivity contribution in [2.24, 2.45) is 0 Å². The lowest BCUT2D eigenvalue weighted by atomic mass is 10.2. The van der Waals surface area contributed by atoms with Gasteiger partial charge in [0.05, 0.1) is 18.0 Å². The first-order valence-electron chi connectivity index (χ1n) is 10.1. The molecule has 1 heterocycles. The number of sulfonamides is 1. The van der Waals surface area contributed by atoms with Gasteiger partial charge >= 0.3 is 0 Å². The number of hydrogen-bond donors (Lipinski definition) is 2. The van der Waals surface area contributed by atoms with Crippen LogP contribution in [-0.2, 0) is 19.6 Å². The van der Waals surface area contributed by atoms with Crippen molar-refractivity contribution in [2.45, 2.75) is 51.0 Å². The van der Waals surface area contributed by atoms with Gasteiger partial charge in [0.15, 0.2) is 0 Å². The maximum Gasteiger partial charge on any atom is 0.243 e. The van der Waals surface area contributed by atoms with Crippen molar-refractivity contribution in [3.8, 4) is 0 Å². The Morgan fingerprint density at radius 3 is 2.17 bits per heavy atom. The van der Waals surface area contributed by atoms with Crippen molar-refractivity contribution in [2.75, 3.05) is 38.0 Å². The molecule has 29 heavy (non-hydrogen) atoms. The highest BCUT2D eigenvalue weighted by Gasteiger charge is 2.25. The number of hydrogen-bond acceptors (Lipinski definition) is 5. The van der Waals surface area contributed by atoms with Crippen LogP contribution in [0.25, 0.3) is 0 Å². The van der Waals surface area contributed by atoms with Gasteiger partial charge in [-0.25, -0.2) is 8.42 Å². The molecule has 1 aromatic rings. The third-order valence-electron chi connectivity index (χ3n) is 4.72. The first-order chi connectivity index (χ1) is 13.7. The molecule has 0 radical (unpaired) electrons. The van der Waals surface area contributed by atoms with E-state index in [9.17, 15) is 18.0 Å². The Morgan fingerprint density at radius 1 is 1.03 bits per heavy atom. The number of rotatable bonds is 9. The maximum absolute atomic E-state index is 12.7. The molecule has 0 unspecified atom stereocenters. The van der Waals surface area contributed by atoms with Crippen molar-refractivity contribution >= 4 is 27.5 Å². The summed E-state index contributed by atoms with van der Waals surface area (Å²) in [5, 5.41) is 5.56. The molecule has 2 N–H and O–H groups in total. The number of amides is 2. The zero-order chi connectivity index (χ0) is 21.4. The summed E-state index contributed by atoms with van der Waals surface area (Å²) in [6, 6.07) is 6.28. The molecule has 1 aromatic carbocycles. The summed E-state index contributed by atoms with van der Waals surface area (Å²) in [7, 11) is -3.49. The van der Waals surface area contributed by atoms with Gasteiger partial charge in [-0.15, -0.1) is 0 Å². The Hall–Kier alpha value is -1.97. The summed E-state index contributed by atoms with van der Waals surface area (Å²) in [6.07, 6.45) is 2.83. The fraction of sp³-hybridized carbons (Fsp3) is 0.600. The van der Waals surface area contributed by atoms with Crippen molar-refractivity contribution < 1.29 is 18.0 Å². The number of piperidine rings is 1. The molecule has 0 saturated carbocycles. The zero-order valence-electron chi connectivity index (χ0n) is 17.5. The minimum absolute atomic E-state index is 0.0507. The standard InChI is InChI=1S/C20H32N4O4S/c1-4-23(14-19(25)21-16(2)3)15-20(26)22-17-8-10-18(11-9-17)29(27,28)24-12-6-5-7-13-24/h8-11,16H,4-7,12-15H2,1-3H3,(H,21,25)(H,22,26). The second-order valence-corrected chi connectivity index (χ2v) is 9.50. The fourth-order valence-electron chi connectivity index (χ4n) is 3.22. The lowest BCUT2D eigenvalue weighted by Crippen LogP contribution is -2.42. The third kappa shape index (κ3) is 7.09. The second kappa shape index (κ2) is 10.7. The molecule has 1 fully saturated rings. The minimum Gasteiger partial charge on any atom is -0.353 e. The van der Waals surface area contributed by atoms with Gasteiger partial charge < -0.3 is 10.6 Å². The van der Waals surface area contributed by atoms with E-state index in [4.69, 9.17) is 0 Å². The molecule has 8 nitrogen and oxygen atoms in total. The quantitative estimate of drug-likeness (QED) is 0.628. The molecule has 0 spiro atoms. The Morgan fingerprint density at radius 2 is 1.62 bits per heavy atom. The smallest absolute Gasteiger partial charge is 0.243 e. The molecule has 0 aliphatic carbocycles. The second-order valence-electron chi connectivity index (χ2n) is 7.56. The molecule has 1 saturated heterocycles. The molecular formula is C20H32N4O4S. The van der Waals surface area contributed by atoms with E-state index in [-0.39, 0.29) is 35.8 Å². The lowest BCUT2D eigenvalue weighted by Gasteiger charge is -2.25. The van der Waals surface area contributed by atoms with E-state index in [0.29, 0.717) is 25.3 Å². The maximum atomic E-state index is 12.7. The van der Waals surface area contributed by atoms with Crippen LogP contribution in [0.4, 0.5) is 5.69 Å². The summed E-state index contributed by atoms with van der Waals surface area (Å²) < 4.78 is 26.9. The Bertz CT molecular complexity index is 787. The van der Waals surface area contributed by atoms with Gasteiger partial charge in [0.2, 0.25) is 21.8 Å². The van der Waals surface area contributed by atoms with Gasteiger partial charge in [0.1, 0.15) is 0 Å². The molecule has 2 rings (SSSR count). The number of carbonyl (C=O) groups excluding carboxylic acids is 2. The van der Waals surface area contributed by atoms with E-state index in [1.54, 1.807) is 17.0 Å². The van der Waals surface area contributed by atoms with Gasteiger partial charge in [-0.3, -0.25) is 14.5 Å². The SMILES string of the molecule is CCN(CC(=O)Nc1ccc(S(=O)(=O)N2CCCCC2)cc1)CC(=O)NC(C)C. The van der Waals surface area contributed by atoms with E-state index in [2.05, 4.69) is 10.6 Å². The van der Waals surface area contributed by atoms with Gasteiger partial charge in [0.25, 0.3) is 0 Å². The van der Waals surface area contributed by atoms with Crippen LogP contribution < -0.4 is 10.6 Å². The van der Waals surface area contributed by atoms with Crippen molar-refractivity contribution in [3.63, 3.8) is 0 Å². The first-order valence-corrected chi connectivity index (χ1v) is 11.6. The van der Waals surface area contributed by atoms with Gasteiger partial charge in [-0.1, -0.05) is 13.3 Å². The van der Waals surface area contributed by atoms with Crippen LogP contribution in [-0.4, -0.2) is 68.2 Å². The van der Waals surface area contributed by atoms with E-state index in [0.717, 1.165) is 19.3 Å². The van der Waals surface area contributed by atoms with Gasteiger partial charge in [0, 0.05) is 24.8 Å². The van der Waals surface area contributed by atoms with E-state index in [1.807, 2.05) is 20.8 Å². The van der Waals surface area contributed by atoms with Crippen molar-refractivity contribution in [1.29, 1.82) is 0 Å². The molecule has 0 aromatic heterocycles. The number of nitrogens with zero attached hydrogens (tertiary/aromatic N) is 2. The third-order valence-corrected chi connectivity index (χ3v) is 6.64. The molecule has 0 bridgehead atoms. The minimum atomic E-state index is -3.49. The van der Waals surface area contributed by atoms with Crippen LogP contribution >= 0.6 is 0 Å². The van der Waals surface area contributed by atoms with E-state index < -0.39 is 10.0 Å². The predicted molar refractivity (Wildman–Crippen MR) is 113 cm³/mol. The first kappa shape index (κ1) is 23.3. The van der Waals surface area contributed by atoms with Crippen LogP contribution in [0, 0.1) is 0 Å². The average molecular weight is 425 g/mol. The summed E-state index contributed by atoms with van der Waals surface area (Å²) in [4.78, 5) is 26.2. The van der Waals surface area contributed by atoms with Crippen LogP contribution in [0.1, 0.15) is 40.0 Å². The molecule has 0 atom stereocenters. The number of anilines is 1. The number of likely N-dealkylation sites (N-methyl/N-ethyl adjacent to an activating group) is 1. The van der Waals surface area contributed by atoms with Crippen LogP contribution in [0.2, 0.25) is 0 Å². The molecule has 1 aliphatic rings. The molecule has 9 heteroatoms. The zero-order valence-corrected chi connectivity index (χ0v) is 18.3. The summed E-state index contributed by atoms with van der Waals surface area (Å²) >= 11 is 0. The van der Waals surface area contributed by atoms with E-state index in [1.165, 1.54) is 16.4 Å². The Balaban J connectivity index is 1.92. The molecule has 2 amide bonds. The topological polar surface area (TPSA) is 98.8 Å². The summed E-state index contributed by atoms with van der Waals surface area (Å²) in [5.74, 6) is -0.377. The van der Waals surface area contributed by atoms with Crippen LogP contribution in [0.3, 0.4) is 0 Å². The molecule has 1 aliphatic heterocycles. The molecular weight excluding hydrogens is 392 g/mol. The average Bonchev–Trinajstić information content (AvgIpc) is 2.68. The largest absolute Gasteiger partial charge is 0.353 e. The van der Waals surface area contributed by atoms with Gasteiger partial charge in [-0.05, 0) is 57.5 Å². The number of carbonyl (C=O) groups is 2. The summed E-state index contributed by atoms with van der Waals surface area (Å²) in [5.41, 5.74) is 0.523. The van der Waals surface area contributed by atoms with Crippen molar-refractivity contribution in [3.05, 3.63) is 24.3 Å². The van der Waals surface area contributed by atoms with Crippen LogP contribution in [0.15, 0.2) is 29.2 Å². The van der Waals surface area contributed by atoms with E-state index >= 15 is 0 Å². The predicted octanol–water partition coefficient (Wildman–Crippen LogP) is 1.65. The monoisotopic (exact) mass is 424 g/mol. The van der Waals surface area contributed by atoms with Crippen molar-refractivity contribution in [1.82, 2.24) is 14.5 Å².